The molecule has 2 aliphatic rings. The lowest BCUT2D eigenvalue weighted by Gasteiger charge is -2.45. The zero-order valence-electron chi connectivity index (χ0n) is 21.9. The Morgan fingerprint density at radius 2 is 1.97 bits per heavy atom. The zero-order valence-corrected chi connectivity index (χ0v) is 23.5. The molecule has 9 atom stereocenters. The highest BCUT2D eigenvalue weighted by atomic mass is 35.5. The summed E-state index contributed by atoms with van der Waals surface area (Å²) in [6.07, 6.45) is 1.75. The summed E-state index contributed by atoms with van der Waals surface area (Å²) in [7, 11) is 0. The lowest BCUT2D eigenvalue weighted by molar-refractivity contribution is -0.218. The van der Waals surface area contributed by atoms with Gasteiger partial charge in [-0.3, -0.25) is 9.59 Å². The van der Waals surface area contributed by atoms with Gasteiger partial charge in [0.1, 0.15) is 29.4 Å². The summed E-state index contributed by atoms with van der Waals surface area (Å²) in [5.74, 6) is -0.813. The van der Waals surface area contributed by atoms with E-state index in [9.17, 15) is 19.8 Å². The zero-order chi connectivity index (χ0) is 26.9. The average Bonchev–Trinajstić information content (AvgIpc) is 3.03. The van der Waals surface area contributed by atoms with E-state index in [0.29, 0.717) is 32.2 Å². The first kappa shape index (κ1) is 31.6. The van der Waals surface area contributed by atoms with Crippen molar-refractivity contribution in [2.24, 2.45) is 0 Å². The van der Waals surface area contributed by atoms with Crippen LogP contribution in [0.5, 0.6) is 0 Å². The van der Waals surface area contributed by atoms with Crippen molar-refractivity contribution >= 4 is 35.2 Å². The Labute approximate surface area is 223 Å². The van der Waals surface area contributed by atoms with Crippen LogP contribution in [0.4, 0.5) is 4.39 Å². The number of unbranched alkanes of at least 4 members (excludes halogenated alkanes) is 2. The summed E-state index contributed by atoms with van der Waals surface area (Å²) < 4.78 is 26.6. The number of amides is 1. The van der Waals surface area contributed by atoms with Crippen LogP contribution in [-0.2, 0) is 19.1 Å². The van der Waals surface area contributed by atoms with Gasteiger partial charge in [-0.1, -0.05) is 33.1 Å². The van der Waals surface area contributed by atoms with Gasteiger partial charge in [-0.25, -0.2) is 4.39 Å². The molecular formula is C25H44ClFN2O6S. The van der Waals surface area contributed by atoms with Gasteiger partial charge in [0, 0.05) is 6.42 Å². The van der Waals surface area contributed by atoms with Gasteiger partial charge in [-0.15, -0.1) is 23.4 Å². The highest BCUT2D eigenvalue weighted by Crippen LogP contribution is 2.33. The summed E-state index contributed by atoms with van der Waals surface area (Å²) in [5, 5.41) is 27.1. The summed E-state index contributed by atoms with van der Waals surface area (Å²) in [4.78, 5) is 25.4. The first-order chi connectivity index (χ1) is 17.1. The largest absolute Gasteiger partial charge is 0.456 e. The van der Waals surface area contributed by atoms with Gasteiger partial charge >= 0.3 is 5.97 Å². The number of hydrogen-bond acceptors (Lipinski definition) is 8. The molecule has 0 spiro atoms. The lowest BCUT2D eigenvalue weighted by atomic mass is 9.90. The van der Waals surface area contributed by atoms with Crippen molar-refractivity contribution in [2.75, 3.05) is 12.8 Å². The van der Waals surface area contributed by atoms with Crippen LogP contribution in [0.1, 0.15) is 78.6 Å². The first-order valence-electron chi connectivity index (χ1n) is 13.2. The molecule has 8 nitrogen and oxygen atoms in total. The number of aliphatic hydroxyl groups is 2. The predicted octanol–water partition coefficient (Wildman–Crippen LogP) is 3.05. The number of carbonyl (C=O) groups excluding carboxylic acids is 2. The minimum atomic E-state index is -1.45. The minimum Gasteiger partial charge on any atom is -0.456 e. The molecule has 11 heteroatoms. The van der Waals surface area contributed by atoms with Crippen molar-refractivity contribution in [3.63, 3.8) is 0 Å². The Kier molecular flexibility index (Phi) is 13.2. The molecule has 2 saturated heterocycles. The van der Waals surface area contributed by atoms with Crippen molar-refractivity contribution in [3.05, 3.63) is 0 Å². The Morgan fingerprint density at radius 3 is 2.58 bits per heavy atom. The van der Waals surface area contributed by atoms with Crippen LogP contribution < -0.4 is 10.6 Å². The average molecular weight is 555 g/mol. The van der Waals surface area contributed by atoms with Crippen molar-refractivity contribution in [2.45, 2.75) is 132 Å². The fraction of sp³-hybridized carbons (Fsp3) is 0.920. The van der Waals surface area contributed by atoms with Crippen LogP contribution in [0.25, 0.3) is 0 Å². The normalized spacial score (nSPS) is 34.9. The van der Waals surface area contributed by atoms with E-state index in [1.165, 1.54) is 11.8 Å². The van der Waals surface area contributed by atoms with Gasteiger partial charge in [0.2, 0.25) is 5.91 Å². The highest BCUT2D eigenvalue weighted by Gasteiger charge is 2.50. The number of hydrogen-bond donors (Lipinski definition) is 4. The molecule has 4 N–H and O–H groups in total. The number of ether oxygens (including phenoxy) is 2. The van der Waals surface area contributed by atoms with E-state index in [0.717, 1.165) is 19.3 Å². The van der Waals surface area contributed by atoms with Crippen LogP contribution in [0, 0.1) is 0 Å². The first-order valence-corrected chi connectivity index (χ1v) is 14.9. The fourth-order valence-electron chi connectivity index (χ4n) is 4.95. The molecule has 2 rings (SSSR count). The number of thioether (sulfide) groups is 1. The van der Waals surface area contributed by atoms with E-state index in [1.807, 2.05) is 13.8 Å². The smallest absolute Gasteiger partial charge is 0.306 e. The van der Waals surface area contributed by atoms with E-state index >= 15 is 4.39 Å². The Hall–Kier alpha value is -0.650. The molecule has 1 amide bonds. The van der Waals surface area contributed by atoms with Gasteiger partial charge in [-0.2, -0.15) is 0 Å². The predicted molar refractivity (Wildman–Crippen MR) is 140 cm³/mol. The van der Waals surface area contributed by atoms with E-state index in [2.05, 4.69) is 10.6 Å². The monoisotopic (exact) mass is 554 g/mol. The fourth-order valence-corrected chi connectivity index (χ4v) is 5.88. The number of esters is 1. The van der Waals surface area contributed by atoms with Crippen molar-refractivity contribution < 1.29 is 33.7 Å². The maximum Gasteiger partial charge on any atom is 0.306 e. The molecule has 9 unspecified atom stereocenters. The number of halogens is 2. The third kappa shape index (κ3) is 8.70. The SMILES string of the molecule is CCCCCC(=O)OC1C(SC)OC(C(NC(=O)C2CCC(F)(CCC)CCN2)C(C)Cl)C(O)C1O. The Bertz CT molecular complexity index is 705. The summed E-state index contributed by atoms with van der Waals surface area (Å²) in [6, 6.07) is -1.44. The lowest BCUT2D eigenvalue weighted by Crippen LogP contribution is -2.65. The molecule has 0 saturated carbocycles. The molecule has 0 radical (unpaired) electrons. The molecular weight excluding hydrogens is 511 g/mol. The van der Waals surface area contributed by atoms with E-state index < -0.39 is 59.0 Å². The van der Waals surface area contributed by atoms with Crippen molar-refractivity contribution in [1.82, 2.24) is 10.6 Å². The van der Waals surface area contributed by atoms with Crippen LogP contribution in [-0.4, -0.2) is 87.9 Å². The van der Waals surface area contributed by atoms with Gasteiger partial charge in [0.05, 0.1) is 17.5 Å². The quantitative estimate of drug-likeness (QED) is 0.165. The van der Waals surface area contributed by atoms with Crippen LogP contribution in [0.15, 0.2) is 0 Å². The third-order valence-electron chi connectivity index (χ3n) is 7.08. The standard InChI is InChI=1S/C25H44ClFN2O6S/c1-5-7-8-9-17(30)34-22-20(32)19(31)21(35-24(22)36-4)18(15(3)26)29-23(33)16-10-12-25(27,11-6-2)13-14-28-16/h15-16,18-22,24,28,31-32H,5-14H2,1-4H3,(H,29,33). The molecule has 210 valence electrons. The molecule has 2 heterocycles. The molecule has 36 heavy (non-hydrogen) atoms. The third-order valence-corrected chi connectivity index (χ3v) is 8.20. The van der Waals surface area contributed by atoms with Gasteiger partial charge < -0.3 is 30.3 Å². The molecule has 0 aliphatic carbocycles. The maximum absolute atomic E-state index is 15.0. The Morgan fingerprint density at radius 1 is 1.25 bits per heavy atom. The van der Waals surface area contributed by atoms with E-state index in [1.54, 1.807) is 13.2 Å². The highest BCUT2D eigenvalue weighted by molar-refractivity contribution is 7.99. The molecule has 0 aromatic heterocycles. The van der Waals surface area contributed by atoms with Crippen molar-refractivity contribution in [3.8, 4) is 0 Å². The molecule has 2 fully saturated rings. The summed E-state index contributed by atoms with van der Waals surface area (Å²) in [6.45, 7) is 6.03. The number of alkyl halides is 2. The van der Waals surface area contributed by atoms with Crippen LogP contribution in [0.2, 0.25) is 0 Å². The molecule has 2 aliphatic heterocycles. The van der Waals surface area contributed by atoms with Crippen molar-refractivity contribution in [1.29, 1.82) is 0 Å². The van der Waals surface area contributed by atoms with Gasteiger partial charge in [0.25, 0.3) is 0 Å². The number of nitrogens with one attached hydrogen (secondary N) is 2. The summed E-state index contributed by atoms with van der Waals surface area (Å²) >= 11 is 7.65. The Balaban J connectivity index is 2.07. The second-order valence-corrected chi connectivity index (χ2v) is 11.6. The molecule has 0 aromatic carbocycles. The topological polar surface area (TPSA) is 117 Å². The maximum atomic E-state index is 15.0. The second kappa shape index (κ2) is 15.1. The number of aliphatic hydroxyl groups excluding tert-OH is 2. The van der Waals surface area contributed by atoms with Gasteiger partial charge in [-0.05, 0) is 51.8 Å². The van der Waals surface area contributed by atoms with Gasteiger partial charge in [0.15, 0.2) is 6.10 Å². The van der Waals surface area contributed by atoms with E-state index in [-0.39, 0.29) is 18.7 Å². The van der Waals surface area contributed by atoms with E-state index in [4.69, 9.17) is 21.1 Å². The number of rotatable bonds is 12. The second-order valence-electron chi connectivity index (χ2n) is 10.0. The van der Waals surface area contributed by atoms with Crippen LogP contribution >= 0.6 is 23.4 Å². The van der Waals surface area contributed by atoms with Crippen LogP contribution in [0.3, 0.4) is 0 Å². The molecule has 0 bridgehead atoms. The number of carbonyl (C=O) groups is 2. The minimum absolute atomic E-state index is 0.224. The molecule has 0 aromatic rings. The summed E-state index contributed by atoms with van der Waals surface area (Å²) in [5.41, 5.74) is -2.03.